The molecule has 1 amide bonds. The molecule has 0 atom stereocenters. The van der Waals surface area contributed by atoms with Crippen molar-refractivity contribution in [3.63, 3.8) is 0 Å². The molecule has 0 radical (unpaired) electrons. The number of phenols is 2. The van der Waals surface area contributed by atoms with E-state index in [4.69, 9.17) is 5.11 Å². The van der Waals surface area contributed by atoms with Crippen LogP contribution < -0.4 is 5.32 Å². The van der Waals surface area contributed by atoms with Crippen molar-refractivity contribution in [2.75, 3.05) is 5.32 Å². The minimum Gasteiger partial charge on any atom is -0.508 e. The van der Waals surface area contributed by atoms with Gasteiger partial charge in [-0.2, -0.15) is 0 Å². The maximum atomic E-state index is 11.9. The molecule has 19 heavy (non-hydrogen) atoms. The number of amides is 1. The number of carbonyl (C=O) groups excluding carboxylic acids is 1. The highest BCUT2D eigenvalue weighted by Crippen LogP contribution is 2.27. The highest BCUT2D eigenvalue weighted by atomic mass is 32.1. The standard InChI is InChI=1S/C12H9NO5S/c14-6-1-2-9(15)8(5-6)10(16)13-11-7(12(17)18)3-4-19-11/h1-5,14-15H,(H,13,16)(H,17,18). The Balaban J connectivity index is 2.28. The number of nitrogens with one attached hydrogen (secondary N) is 1. The molecule has 0 aliphatic heterocycles. The molecule has 0 bridgehead atoms. The van der Waals surface area contributed by atoms with Gasteiger partial charge in [0.2, 0.25) is 0 Å². The van der Waals surface area contributed by atoms with Crippen molar-refractivity contribution in [1.29, 1.82) is 0 Å². The van der Waals surface area contributed by atoms with E-state index < -0.39 is 11.9 Å². The summed E-state index contributed by atoms with van der Waals surface area (Å²) >= 11 is 1.05. The molecule has 0 spiro atoms. The minimum atomic E-state index is -1.16. The molecular formula is C12H9NO5S. The van der Waals surface area contributed by atoms with Crippen LogP contribution in [0.4, 0.5) is 5.00 Å². The number of carbonyl (C=O) groups is 2. The summed E-state index contributed by atoms with van der Waals surface area (Å²) in [4.78, 5) is 22.8. The summed E-state index contributed by atoms with van der Waals surface area (Å²) in [6.07, 6.45) is 0. The third kappa shape index (κ3) is 2.66. The Morgan fingerprint density at radius 3 is 2.53 bits per heavy atom. The van der Waals surface area contributed by atoms with Crippen molar-refractivity contribution in [3.8, 4) is 11.5 Å². The highest BCUT2D eigenvalue weighted by Gasteiger charge is 2.17. The molecule has 0 saturated carbocycles. The fourth-order valence-electron chi connectivity index (χ4n) is 1.45. The molecular weight excluding hydrogens is 270 g/mol. The Bertz CT molecular complexity index is 649. The first-order chi connectivity index (χ1) is 8.99. The van der Waals surface area contributed by atoms with Crippen LogP contribution in [0.25, 0.3) is 0 Å². The number of aromatic hydroxyl groups is 2. The number of anilines is 1. The maximum absolute atomic E-state index is 11.9. The summed E-state index contributed by atoms with van der Waals surface area (Å²) in [5, 5.41) is 31.8. The Labute approximate surface area is 111 Å². The van der Waals surface area contributed by atoms with Gasteiger partial charge in [0.1, 0.15) is 16.5 Å². The smallest absolute Gasteiger partial charge is 0.338 e. The van der Waals surface area contributed by atoms with Gasteiger partial charge in [-0.15, -0.1) is 11.3 Å². The van der Waals surface area contributed by atoms with E-state index in [9.17, 15) is 19.8 Å². The van der Waals surface area contributed by atoms with Gasteiger partial charge in [0.25, 0.3) is 5.91 Å². The van der Waals surface area contributed by atoms with E-state index in [1.165, 1.54) is 23.6 Å². The fourth-order valence-corrected chi connectivity index (χ4v) is 2.22. The molecule has 4 N–H and O–H groups in total. The lowest BCUT2D eigenvalue weighted by Gasteiger charge is -2.06. The van der Waals surface area contributed by atoms with Crippen LogP contribution in [0.1, 0.15) is 20.7 Å². The second-order valence-electron chi connectivity index (χ2n) is 3.62. The van der Waals surface area contributed by atoms with E-state index in [0.29, 0.717) is 0 Å². The molecule has 0 fully saturated rings. The van der Waals surface area contributed by atoms with E-state index in [1.807, 2.05) is 0 Å². The summed E-state index contributed by atoms with van der Waals surface area (Å²) in [5.41, 5.74) is -0.164. The van der Waals surface area contributed by atoms with Crippen LogP contribution in [-0.2, 0) is 0 Å². The highest BCUT2D eigenvalue weighted by molar-refractivity contribution is 7.14. The van der Waals surface area contributed by atoms with Crippen molar-refractivity contribution in [3.05, 3.63) is 40.8 Å². The van der Waals surface area contributed by atoms with E-state index >= 15 is 0 Å². The minimum absolute atomic E-state index is 0.0296. The first-order valence-electron chi connectivity index (χ1n) is 5.13. The number of hydrogen-bond acceptors (Lipinski definition) is 5. The number of carboxylic acid groups (broad SMARTS) is 1. The number of phenolic OH excluding ortho intramolecular Hbond substituents is 2. The van der Waals surface area contributed by atoms with Crippen LogP contribution in [0.5, 0.6) is 11.5 Å². The average Bonchev–Trinajstić information content (AvgIpc) is 2.80. The summed E-state index contributed by atoms with van der Waals surface area (Å²) < 4.78 is 0. The summed E-state index contributed by atoms with van der Waals surface area (Å²) in [5.74, 6) is -2.33. The van der Waals surface area contributed by atoms with Gasteiger partial charge in [-0.25, -0.2) is 4.79 Å². The van der Waals surface area contributed by atoms with Gasteiger partial charge in [-0.3, -0.25) is 4.79 Å². The molecule has 0 unspecified atom stereocenters. The average molecular weight is 279 g/mol. The summed E-state index contributed by atoms with van der Waals surface area (Å²) in [6.45, 7) is 0. The van der Waals surface area contributed by atoms with E-state index in [0.717, 1.165) is 17.4 Å². The number of thiophene rings is 1. The molecule has 0 aliphatic carbocycles. The number of benzene rings is 1. The molecule has 1 heterocycles. The number of hydrogen-bond donors (Lipinski definition) is 4. The maximum Gasteiger partial charge on any atom is 0.338 e. The van der Waals surface area contributed by atoms with Crippen LogP contribution in [-0.4, -0.2) is 27.2 Å². The van der Waals surface area contributed by atoms with Gasteiger partial charge in [0, 0.05) is 0 Å². The van der Waals surface area contributed by atoms with Crippen LogP contribution in [0.15, 0.2) is 29.6 Å². The van der Waals surface area contributed by atoms with Gasteiger partial charge < -0.3 is 20.6 Å². The van der Waals surface area contributed by atoms with Crippen molar-refractivity contribution in [2.45, 2.75) is 0 Å². The van der Waals surface area contributed by atoms with Gasteiger partial charge in [-0.1, -0.05) is 0 Å². The van der Waals surface area contributed by atoms with Gasteiger partial charge in [0.05, 0.1) is 11.1 Å². The molecule has 0 aliphatic rings. The van der Waals surface area contributed by atoms with Crippen LogP contribution >= 0.6 is 11.3 Å². The lowest BCUT2D eigenvalue weighted by Crippen LogP contribution is -2.13. The first-order valence-corrected chi connectivity index (χ1v) is 6.01. The van der Waals surface area contributed by atoms with Crippen molar-refractivity contribution < 1.29 is 24.9 Å². The van der Waals surface area contributed by atoms with Crippen LogP contribution in [0.2, 0.25) is 0 Å². The molecule has 2 aromatic rings. The lowest BCUT2D eigenvalue weighted by atomic mass is 10.1. The Morgan fingerprint density at radius 2 is 1.84 bits per heavy atom. The lowest BCUT2D eigenvalue weighted by molar-refractivity contribution is 0.0698. The topological polar surface area (TPSA) is 107 Å². The van der Waals surface area contributed by atoms with Crippen LogP contribution in [0.3, 0.4) is 0 Å². The number of carboxylic acids is 1. The molecule has 6 nitrogen and oxygen atoms in total. The van der Waals surface area contributed by atoms with Crippen molar-refractivity contribution in [1.82, 2.24) is 0 Å². The van der Waals surface area contributed by atoms with Crippen LogP contribution in [0, 0.1) is 0 Å². The molecule has 2 rings (SSSR count). The summed E-state index contributed by atoms with van der Waals surface area (Å²) in [6, 6.07) is 4.88. The summed E-state index contributed by atoms with van der Waals surface area (Å²) in [7, 11) is 0. The second-order valence-corrected chi connectivity index (χ2v) is 4.54. The SMILES string of the molecule is O=C(Nc1sccc1C(=O)O)c1cc(O)ccc1O. The monoisotopic (exact) mass is 279 g/mol. The van der Waals surface area contributed by atoms with Crippen molar-refractivity contribution in [2.24, 2.45) is 0 Å². The third-order valence-electron chi connectivity index (χ3n) is 2.35. The first kappa shape index (κ1) is 12.9. The predicted molar refractivity (Wildman–Crippen MR) is 69.0 cm³/mol. The Kier molecular flexibility index (Phi) is 3.39. The number of rotatable bonds is 3. The van der Waals surface area contributed by atoms with E-state index in [-0.39, 0.29) is 27.6 Å². The Hall–Kier alpha value is -2.54. The zero-order chi connectivity index (χ0) is 14.0. The van der Waals surface area contributed by atoms with Gasteiger partial charge >= 0.3 is 5.97 Å². The molecule has 7 heteroatoms. The predicted octanol–water partition coefficient (Wildman–Crippen LogP) is 2.11. The quantitative estimate of drug-likeness (QED) is 0.644. The third-order valence-corrected chi connectivity index (χ3v) is 3.18. The fraction of sp³-hybridized carbons (Fsp3) is 0. The normalized spacial score (nSPS) is 10.1. The molecule has 0 saturated heterocycles. The zero-order valence-corrected chi connectivity index (χ0v) is 10.3. The molecule has 98 valence electrons. The number of aromatic carboxylic acids is 1. The van der Waals surface area contributed by atoms with E-state index in [2.05, 4.69) is 5.32 Å². The van der Waals surface area contributed by atoms with Gasteiger partial charge in [0.15, 0.2) is 0 Å². The Morgan fingerprint density at radius 1 is 1.11 bits per heavy atom. The van der Waals surface area contributed by atoms with Crippen molar-refractivity contribution >= 4 is 28.2 Å². The molecule has 1 aromatic heterocycles. The zero-order valence-electron chi connectivity index (χ0n) is 9.45. The second kappa shape index (κ2) is 4.99. The largest absolute Gasteiger partial charge is 0.508 e. The van der Waals surface area contributed by atoms with Gasteiger partial charge in [-0.05, 0) is 29.6 Å². The van der Waals surface area contributed by atoms with E-state index in [1.54, 1.807) is 0 Å². The molecule has 1 aromatic carbocycles.